The molecule has 5 heteroatoms. The molecular formula is C14H13ClN2OS. The Morgan fingerprint density at radius 1 is 1.32 bits per heavy atom. The largest absolute Gasteiger partial charge is 0.482 e. The Morgan fingerprint density at radius 3 is 2.74 bits per heavy atom. The second-order valence-electron chi connectivity index (χ2n) is 3.88. The minimum atomic E-state index is 0.364. The SMILES string of the molecule is CCOC(=S)c1nc(C)ncc1-c1ccccc1Cl. The monoisotopic (exact) mass is 292 g/mol. The minimum absolute atomic E-state index is 0.364. The summed E-state index contributed by atoms with van der Waals surface area (Å²) in [4.78, 5) is 8.59. The predicted octanol–water partition coefficient (Wildman–Crippen LogP) is 3.82. The van der Waals surface area contributed by atoms with Gasteiger partial charge >= 0.3 is 0 Å². The van der Waals surface area contributed by atoms with E-state index in [0.29, 0.717) is 28.2 Å². The molecule has 0 aliphatic carbocycles. The van der Waals surface area contributed by atoms with Gasteiger partial charge in [-0.2, -0.15) is 0 Å². The van der Waals surface area contributed by atoms with Crippen LogP contribution in [0.15, 0.2) is 30.5 Å². The third-order valence-corrected chi connectivity index (χ3v) is 3.18. The molecule has 0 atom stereocenters. The number of hydrogen-bond donors (Lipinski definition) is 0. The first-order valence-corrected chi connectivity index (χ1v) is 6.67. The molecule has 19 heavy (non-hydrogen) atoms. The maximum absolute atomic E-state index is 6.21. The molecular weight excluding hydrogens is 280 g/mol. The Kier molecular flexibility index (Phi) is 4.45. The molecule has 0 saturated heterocycles. The highest BCUT2D eigenvalue weighted by atomic mass is 35.5. The van der Waals surface area contributed by atoms with Gasteiger partial charge in [0, 0.05) is 22.3 Å². The van der Waals surface area contributed by atoms with Gasteiger partial charge in [-0.25, -0.2) is 9.97 Å². The van der Waals surface area contributed by atoms with E-state index >= 15 is 0 Å². The van der Waals surface area contributed by atoms with E-state index in [-0.39, 0.29) is 0 Å². The quantitative estimate of drug-likeness (QED) is 0.806. The molecule has 0 N–H and O–H groups in total. The molecule has 1 aromatic carbocycles. The molecule has 0 aliphatic heterocycles. The highest BCUT2D eigenvalue weighted by Crippen LogP contribution is 2.29. The van der Waals surface area contributed by atoms with Gasteiger partial charge < -0.3 is 4.74 Å². The van der Waals surface area contributed by atoms with Crippen molar-refractivity contribution in [2.24, 2.45) is 0 Å². The summed E-state index contributed by atoms with van der Waals surface area (Å²) in [5.74, 6) is 0.646. The van der Waals surface area contributed by atoms with E-state index in [1.54, 1.807) is 6.20 Å². The van der Waals surface area contributed by atoms with Gasteiger partial charge in [0.25, 0.3) is 0 Å². The lowest BCUT2D eigenvalue weighted by Gasteiger charge is -2.11. The Morgan fingerprint density at radius 2 is 2.05 bits per heavy atom. The average molecular weight is 293 g/mol. The number of hydrogen-bond acceptors (Lipinski definition) is 4. The second kappa shape index (κ2) is 6.08. The molecule has 1 aromatic heterocycles. The maximum atomic E-state index is 6.21. The average Bonchev–Trinajstić information content (AvgIpc) is 2.40. The molecule has 0 saturated carbocycles. The van der Waals surface area contributed by atoms with Crippen LogP contribution < -0.4 is 0 Å². The van der Waals surface area contributed by atoms with Crippen molar-refractivity contribution < 1.29 is 4.74 Å². The number of aromatic nitrogens is 2. The van der Waals surface area contributed by atoms with Crippen LogP contribution in [0.4, 0.5) is 0 Å². The summed E-state index contributed by atoms with van der Waals surface area (Å²) in [5, 5.41) is 0.999. The van der Waals surface area contributed by atoms with Crippen molar-refractivity contribution in [3.05, 3.63) is 47.0 Å². The Balaban J connectivity index is 2.57. The van der Waals surface area contributed by atoms with E-state index < -0.39 is 0 Å². The molecule has 0 amide bonds. The van der Waals surface area contributed by atoms with Crippen LogP contribution in [-0.2, 0) is 4.74 Å². The van der Waals surface area contributed by atoms with Gasteiger partial charge in [0.05, 0.1) is 6.61 Å². The highest BCUT2D eigenvalue weighted by molar-refractivity contribution is 7.80. The lowest BCUT2D eigenvalue weighted by atomic mass is 10.1. The molecule has 0 aliphatic rings. The van der Waals surface area contributed by atoms with Crippen molar-refractivity contribution in [1.29, 1.82) is 0 Å². The van der Waals surface area contributed by atoms with Crippen molar-refractivity contribution in [3.8, 4) is 11.1 Å². The second-order valence-corrected chi connectivity index (χ2v) is 4.66. The fourth-order valence-corrected chi connectivity index (χ4v) is 2.21. The van der Waals surface area contributed by atoms with Gasteiger partial charge in [0.2, 0.25) is 5.05 Å². The zero-order valence-electron chi connectivity index (χ0n) is 10.7. The first-order valence-electron chi connectivity index (χ1n) is 5.89. The van der Waals surface area contributed by atoms with E-state index in [9.17, 15) is 0 Å². The lowest BCUT2D eigenvalue weighted by molar-refractivity contribution is 0.336. The summed E-state index contributed by atoms with van der Waals surface area (Å²) in [7, 11) is 0. The van der Waals surface area contributed by atoms with Crippen LogP contribution in [0.1, 0.15) is 18.4 Å². The van der Waals surface area contributed by atoms with Crippen LogP contribution >= 0.6 is 23.8 Å². The van der Waals surface area contributed by atoms with Crippen LogP contribution in [0.3, 0.4) is 0 Å². The minimum Gasteiger partial charge on any atom is -0.482 e. The molecule has 3 nitrogen and oxygen atoms in total. The topological polar surface area (TPSA) is 35.0 Å². The fraction of sp³-hybridized carbons (Fsp3) is 0.214. The summed E-state index contributed by atoms with van der Waals surface area (Å²) in [5.41, 5.74) is 2.24. The molecule has 1 heterocycles. The standard InChI is InChI=1S/C14H13ClN2OS/c1-3-18-14(19)13-11(8-16-9(2)17-13)10-6-4-5-7-12(10)15/h4-8H,3H2,1-2H3. The van der Waals surface area contributed by atoms with Crippen molar-refractivity contribution in [2.45, 2.75) is 13.8 Å². The van der Waals surface area contributed by atoms with Crippen molar-refractivity contribution in [2.75, 3.05) is 6.61 Å². The molecule has 0 fully saturated rings. The molecule has 98 valence electrons. The normalized spacial score (nSPS) is 10.3. The highest BCUT2D eigenvalue weighted by Gasteiger charge is 2.15. The first kappa shape index (κ1) is 13.9. The number of nitrogens with zero attached hydrogens (tertiary/aromatic N) is 2. The van der Waals surface area contributed by atoms with Crippen molar-refractivity contribution in [1.82, 2.24) is 9.97 Å². The zero-order valence-corrected chi connectivity index (χ0v) is 12.3. The molecule has 0 spiro atoms. The van der Waals surface area contributed by atoms with E-state index in [1.165, 1.54) is 0 Å². The Bertz CT molecular complexity index is 616. The maximum Gasteiger partial charge on any atom is 0.210 e. The van der Waals surface area contributed by atoms with E-state index in [0.717, 1.165) is 11.1 Å². The fourth-order valence-electron chi connectivity index (χ4n) is 1.70. The molecule has 0 unspecified atom stereocenters. The van der Waals surface area contributed by atoms with Crippen LogP contribution in [-0.4, -0.2) is 21.6 Å². The molecule has 0 bridgehead atoms. The van der Waals surface area contributed by atoms with Gasteiger partial charge in [-0.3, -0.25) is 0 Å². The van der Waals surface area contributed by atoms with Crippen LogP contribution in [0.25, 0.3) is 11.1 Å². The molecule has 2 aromatic rings. The number of benzene rings is 1. The number of ether oxygens (including phenoxy) is 1. The molecule has 0 radical (unpaired) electrons. The van der Waals surface area contributed by atoms with Crippen LogP contribution in [0.5, 0.6) is 0 Å². The lowest BCUT2D eigenvalue weighted by Crippen LogP contribution is -2.09. The predicted molar refractivity (Wildman–Crippen MR) is 80.5 cm³/mol. The van der Waals surface area contributed by atoms with Crippen LogP contribution in [0.2, 0.25) is 5.02 Å². The summed E-state index contributed by atoms with van der Waals surface area (Å²) in [6, 6.07) is 7.52. The summed E-state index contributed by atoms with van der Waals surface area (Å²) >= 11 is 11.5. The van der Waals surface area contributed by atoms with Gasteiger partial charge in [-0.15, -0.1) is 0 Å². The summed E-state index contributed by atoms with van der Waals surface area (Å²) in [6.07, 6.45) is 1.73. The third-order valence-electron chi connectivity index (χ3n) is 2.54. The van der Waals surface area contributed by atoms with E-state index in [2.05, 4.69) is 9.97 Å². The van der Waals surface area contributed by atoms with Crippen molar-refractivity contribution in [3.63, 3.8) is 0 Å². The zero-order chi connectivity index (χ0) is 13.8. The smallest absolute Gasteiger partial charge is 0.210 e. The summed E-state index contributed by atoms with van der Waals surface area (Å²) < 4.78 is 5.38. The summed E-state index contributed by atoms with van der Waals surface area (Å²) in [6.45, 7) is 4.20. The van der Waals surface area contributed by atoms with Gasteiger partial charge in [0.1, 0.15) is 11.5 Å². The van der Waals surface area contributed by atoms with E-state index in [1.807, 2.05) is 38.1 Å². The number of rotatable bonds is 3. The van der Waals surface area contributed by atoms with Gasteiger partial charge in [0.15, 0.2) is 0 Å². The Labute approximate surface area is 122 Å². The van der Waals surface area contributed by atoms with Gasteiger partial charge in [-0.05, 0) is 32.1 Å². The number of thiocarbonyl (C=S) groups is 1. The van der Waals surface area contributed by atoms with Gasteiger partial charge in [-0.1, -0.05) is 29.8 Å². The Hall–Kier alpha value is -1.52. The third kappa shape index (κ3) is 3.08. The van der Waals surface area contributed by atoms with Crippen LogP contribution in [0, 0.1) is 6.92 Å². The first-order chi connectivity index (χ1) is 9.13. The number of halogens is 1. The molecule has 2 rings (SSSR count). The number of aryl methyl sites for hydroxylation is 1. The van der Waals surface area contributed by atoms with E-state index in [4.69, 9.17) is 28.6 Å². The van der Waals surface area contributed by atoms with Crippen molar-refractivity contribution >= 4 is 28.9 Å².